The van der Waals surface area contributed by atoms with Gasteiger partial charge in [-0.15, -0.1) is 0 Å². The van der Waals surface area contributed by atoms with Crippen LogP contribution >= 0.6 is 12.2 Å². The SMILES string of the molecule is CC[C@]1(NC(N)=S)C[C@H]2CN(CCc3c([nH]c4ccccc34)[C@@](C(=O)OC)(c3cc4c(cc3OC)N(C)[C@H]3[C@@](O)(C(=O)OC)[C@H](OC(C)=O)[C@]5(CC)C=CCN6CC[C@]43[C@@H]65)C2)C1. The highest BCUT2D eigenvalue weighted by Gasteiger charge is 2.80. The number of benzene rings is 2. The summed E-state index contributed by atoms with van der Waals surface area (Å²) in [5.41, 5.74) is 5.16. The number of nitrogens with zero attached hydrogens (tertiary/aromatic N) is 3. The second kappa shape index (κ2) is 15.0. The summed E-state index contributed by atoms with van der Waals surface area (Å²) in [7, 11) is 6.19. The molecule has 62 heavy (non-hydrogen) atoms. The van der Waals surface area contributed by atoms with E-state index in [-0.39, 0.29) is 17.1 Å². The highest BCUT2D eigenvalue weighted by atomic mass is 32.1. The molecule has 1 unspecified atom stereocenters. The molecule has 0 radical (unpaired) electrons. The molecule has 3 aromatic rings. The maximum Gasteiger partial charge on any atom is 0.344 e. The Kier molecular flexibility index (Phi) is 10.3. The largest absolute Gasteiger partial charge is 0.496 e. The average molecular weight is 869 g/mol. The van der Waals surface area contributed by atoms with Gasteiger partial charge < -0.3 is 49.9 Å². The van der Waals surface area contributed by atoms with E-state index in [2.05, 4.69) is 51.3 Å². The van der Waals surface area contributed by atoms with Crippen LogP contribution in [0.5, 0.6) is 5.75 Å². The number of hydrogen-bond acceptors (Lipinski definition) is 12. The second-order valence-corrected chi connectivity index (χ2v) is 19.2. The molecule has 3 fully saturated rings. The van der Waals surface area contributed by atoms with E-state index in [9.17, 15) is 14.7 Å². The number of anilines is 1. The number of methoxy groups -OCH3 is 3. The minimum atomic E-state index is -2.31. The first-order chi connectivity index (χ1) is 29.6. The van der Waals surface area contributed by atoms with Crippen molar-refractivity contribution in [1.82, 2.24) is 20.1 Å². The minimum absolute atomic E-state index is 0.0321. The number of esters is 3. The van der Waals surface area contributed by atoms with E-state index in [4.69, 9.17) is 36.9 Å². The Balaban J connectivity index is 1.35. The lowest BCUT2D eigenvalue weighted by Crippen LogP contribution is -2.81. The molecule has 1 spiro atoms. The predicted octanol–water partition coefficient (Wildman–Crippen LogP) is 3.83. The quantitative estimate of drug-likeness (QED) is 0.112. The molecule has 6 heterocycles. The maximum absolute atomic E-state index is 15.5. The number of carbonyl (C=O) groups excluding carboxylic acids is 3. The van der Waals surface area contributed by atoms with Crippen LogP contribution in [0.1, 0.15) is 75.3 Å². The van der Waals surface area contributed by atoms with Crippen molar-refractivity contribution < 1.29 is 38.4 Å². The van der Waals surface area contributed by atoms with Crippen LogP contribution in [0, 0.1) is 11.3 Å². The van der Waals surface area contributed by atoms with Crippen molar-refractivity contribution in [2.75, 3.05) is 66.0 Å². The number of piperidine rings is 1. The van der Waals surface area contributed by atoms with Crippen LogP contribution < -0.4 is 20.7 Å². The molecule has 1 aromatic heterocycles. The highest BCUT2D eigenvalue weighted by molar-refractivity contribution is 7.80. The number of aromatic amines is 1. The third kappa shape index (κ3) is 5.62. The van der Waals surface area contributed by atoms with Crippen LogP contribution in [0.4, 0.5) is 5.69 Å². The third-order valence-corrected chi connectivity index (χ3v) is 16.1. The van der Waals surface area contributed by atoms with Gasteiger partial charge in [-0.1, -0.05) is 44.2 Å². The molecule has 15 heteroatoms. The number of aliphatic hydroxyl groups is 1. The summed E-state index contributed by atoms with van der Waals surface area (Å²) in [6.07, 6.45) is 6.40. The van der Waals surface area contributed by atoms with E-state index >= 15 is 4.79 Å². The van der Waals surface area contributed by atoms with Crippen LogP contribution in [0.25, 0.3) is 10.9 Å². The number of H-pyrrole nitrogens is 1. The van der Waals surface area contributed by atoms with Crippen molar-refractivity contribution in [3.8, 4) is 5.75 Å². The number of likely N-dealkylation sites (N-methyl/N-ethyl adjacent to an activating group) is 1. The number of hydrogen-bond donors (Lipinski definition) is 4. The first kappa shape index (κ1) is 42.6. The van der Waals surface area contributed by atoms with E-state index < -0.39 is 57.4 Å². The summed E-state index contributed by atoms with van der Waals surface area (Å²) in [5.74, 6) is -1.46. The summed E-state index contributed by atoms with van der Waals surface area (Å²) in [5, 5.41) is 18.2. The molecule has 5 N–H and O–H groups in total. The van der Waals surface area contributed by atoms with Gasteiger partial charge in [-0.25, -0.2) is 4.79 Å². The molecule has 10 atom stereocenters. The Bertz CT molecular complexity index is 2390. The number of nitrogens with one attached hydrogen (secondary N) is 2. The molecule has 6 aliphatic rings. The van der Waals surface area contributed by atoms with E-state index in [1.165, 1.54) is 21.1 Å². The van der Waals surface area contributed by atoms with Crippen LogP contribution in [-0.4, -0.2) is 133 Å². The number of rotatable bonds is 8. The first-order valence-electron chi connectivity index (χ1n) is 22.0. The normalized spacial score (nSPS) is 35.6. The number of ether oxygens (including phenoxy) is 4. The molecule has 2 saturated heterocycles. The van der Waals surface area contributed by atoms with Crippen LogP contribution in [0.2, 0.25) is 0 Å². The molecule has 2 aromatic carbocycles. The smallest absolute Gasteiger partial charge is 0.344 e. The Labute approximate surface area is 368 Å². The van der Waals surface area contributed by atoms with Crippen molar-refractivity contribution in [2.24, 2.45) is 17.1 Å². The van der Waals surface area contributed by atoms with Crippen LogP contribution in [-0.2, 0) is 45.8 Å². The number of thiocarbonyl (C=S) groups is 1. The van der Waals surface area contributed by atoms with Crippen molar-refractivity contribution in [3.63, 3.8) is 0 Å². The van der Waals surface area contributed by atoms with E-state index in [0.717, 1.165) is 59.5 Å². The summed E-state index contributed by atoms with van der Waals surface area (Å²) < 4.78 is 24.1. The lowest BCUT2D eigenvalue weighted by molar-refractivity contribution is -0.228. The van der Waals surface area contributed by atoms with Gasteiger partial charge in [0.15, 0.2) is 11.2 Å². The molecule has 14 nitrogen and oxygen atoms in total. The van der Waals surface area contributed by atoms with Gasteiger partial charge in [-0.2, -0.15) is 0 Å². The fourth-order valence-corrected chi connectivity index (χ4v) is 14.2. The van der Waals surface area contributed by atoms with Crippen molar-refractivity contribution >= 4 is 51.8 Å². The number of fused-ring (bicyclic) bond motifs is 6. The molecular formula is C47H60N6O8S. The fraction of sp³-hybridized carbons (Fsp3) is 0.574. The van der Waals surface area contributed by atoms with Gasteiger partial charge in [0.05, 0.1) is 32.9 Å². The molecule has 1 saturated carbocycles. The first-order valence-corrected chi connectivity index (χ1v) is 22.4. The van der Waals surface area contributed by atoms with Gasteiger partial charge in [-0.05, 0) is 86.5 Å². The predicted molar refractivity (Wildman–Crippen MR) is 238 cm³/mol. The lowest BCUT2D eigenvalue weighted by Gasteiger charge is -2.63. The van der Waals surface area contributed by atoms with Gasteiger partial charge in [0.25, 0.3) is 0 Å². The Morgan fingerprint density at radius 1 is 1.02 bits per heavy atom. The molecule has 1 aliphatic carbocycles. The van der Waals surface area contributed by atoms with Gasteiger partial charge in [0, 0.05) is 90.9 Å². The number of para-hydroxylation sites is 1. The van der Waals surface area contributed by atoms with Crippen LogP contribution in [0.15, 0.2) is 48.6 Å². The zero-order valence-corrected chi connectivity index (χ0v) is 37.7. The molecule has 9 rings (SSSR count). The topological polar surface area (TPSA) is 172 Å². The molecular weight excluding hydrogens is 809 g/mol. The van der Waals surface area contributed by atoms with Crippen LogP contribution in [0.3, 0.4) is 0 Å². The highest BCUT2D eigenvalue weighted by Crippen LogP contribution is 2.68. The second-order valence-electron chi connectivity index (χ2n) is 18.7. The average Bonchev–Trinajstić information content (AvgIpc) is 3.92. The summed E-state index contributed by atoms with van der Waals surface area (Å²) in [4.78, 5) is 53.6. The zero-order chi connectivity index (χ0) is 44.1. The molecule has 2 bridgehead atoms. The van der Waals surface area contributed by atoms with Gasteiger partial charge >= 0.3 is 17.9 Å². The summed E-state index contributed by atoms with van der Waals surface area (Å²) in [6.45, 7) is 9.03. The van der Waals surface area contributed by atoms with E-state index in [1.54, 1.807) is 7.11 Å². The van der Waals surface area contributed by atoms with Crippen molar-refractivity contribution in [3.05, 3.63) is 70.9 Å². The zero-order valence-electron chi connectivity index (χ0n) is 36.8. The molecule has 5 aliphatic heterocycles. The number of aromatic nitrogens is 1. The molecule has 0 amide bonds. The maximum atomic E-state index is 15.5. The van der Waals surface area contributed by atoms with E-state index in [0.29, 0.717) is 56.5 Å². The van der Waals surface area contributed by atoms with Gasteiger partial charge in [-0.3, -0.25) is 14.5 Å². The lowest BCUT2D eigenvalue weighted by atomic mass is 9.47. The minimum Gasteiger partial charge on any atom is -0.496 e. The number of carbonyl (C=O) groups is 3. The standard InChI is InChI=1S/C47H60N6O8S/c1-8-43(50-42(48)62)23-28-24-46(40(55)59-6,36-30(15-19-52(25-28)26-43)29-13-10-11-14-33(29)49-36)32-21-31-34(22-35(32)58-5)51(4)38-45(31)17-20-53-18-12-16-44(9-2,37(45)53)39(61-27(3)54)47(38,57)41(56)60-7/h10-14,16,21-22,28,37-39,49,57H,8-9,15,17-20,23-26H2,1-7H3,(H3,48,50,62)/t28-,37+,38-,39-,43+,44-,45-,46+,47+/m1/s1. The Morgan fingerprint density at radius 2 is 1.77 bits per heavy atom. The molecule has 332 valence electrons. The fourth-order valence-electron chi connectivity index (χ4n) is 14.0. The summed E-state index contributed by atoms with van der Waals surface area (Å²) >= 11 is 5.47. The van der Waals surface area contributed by atoms with Crippen molar-refractivity contribution in [1.29, 1.82) is 0 Å². The Morgan fingerprint density at radius 3 is 2.45 bits per heavy atom. The summed E-state index contributed by atoms with van der Waals surface area (Å²) in [6, 6.07) is 11.0. The monoisotopic (exact) mass is 868 g/mol. The van der Waals surface area contributed by atoms with E-state index in [1.807, 2.05) is 43.1 Å². The number of nitrogens with two attached hydrogens (primary N) is 1. The Hall–Kier alpha value is -4.70. The third-order valence-electron chi connectivity index (χ3n) is 16.0. The van der Waals surface area contributed by atoms with Gasteiger partial charge in [0.1, 0.15) is 11.2 Å². The van der Waals surface area contributed by atoms with Crippen molar-refractivity contribution in [2.45, 2.75) is 99.5 Å². The van der Waals surface area contributed by atoms with Gasteiger partial charge in [0.2, 0.25) is 5.60 Å².